The number of aromatic nitrogens is 2. The lowest BCUT2D eigenvalue weighted by molar-refractivity contribution is 0.540. The average molecular weight is 213 g/mol. The predicted octanol–water partition coefficient (Wildman–Crippen LogP) is 3.08. The van der Waals surface area contributed by atoms with Gasteiger partial charge < -0.3 is 0 Å². The summed E-state index contributed by atoms with van der Waals surface area (Å²) in [6, 6.07) is 0. The van der Waals surface area contributed by atoms with Gasteiger partial charge in [-0.3, -0.25) is 0 Å². The Kier molecular flexibility index (Phi) is 3.48. The Bertz CT molecular complexity index is 316. The second-order valence-corrected chi connectivity index (χ2v) is 4.67. The fourth-order valence-corrected chi connectivity index (χ4v) is 1.44. The summed E-state index contributed by atoms with van der Waals surface area (Å²) in [5.74, 6) is 1.39. The van der Waals surface area contributed by atoms with Gasteiger partial charge >= 0.3 is 0 Å². The highest BCUT2D eigenvalue weighted by atomic mass is 35.5. The van der Waals surface area contributed by atoms with Crippen molar-refractivity contribution < 1.29 is 0 Å². The summed E-state index contributed by atoms with van der Waals surface area (Å²) in [4.78, 5) is 8.87. The van der Waals surface area contributed by atoms with Crippen molar-refractivity contribution in [2.75, 3.05) is 0 Å². The summed E-state index contributed by atoms with van der Waals surface area (Å²) in [5.41, 5.74) is 2.12. The summed E-state index contributed by atoms with van der Waals surface area (Å²) in [6.45, 7) is 8.43. The predicted molar refractivity (Wildman–Crippen MR) is 59.7 cm³/mol. The molecule has 0 amide bonds. The van der Waals surface area contributed by atoms with E-state index in [4.69, 9.17) is 11.6 Å². The van der Waals surface area contributed by atoms with Gasteiger partial charge in [0.1, 0.15) is 5.82 Å². The van der Waals surface area contributed by atoms with Crippen molar-refractivity contribution in [3.8, 4) is 0 Å². The Morgan fingerprint density at radius 1 is 1.36 bits per heavy atom. The van der Waals surface area contributed by atoms with Crippen LogP contribution in [0.25, 0.3) is 0 Å². The van der Waals surface area contributed by atoms with E-state index in [1.54, 1.807) is 0 Å². The molecule has 1 heterocycles. The maximum absolute atomic E-state index is 5.80. The van der Waals surface area contributed by atoms with Crippen LogP contribution in [0.5, 0.6) is 0 Å². The molecular formula is C11H17ClN2. The molecule has 0 aromatic carbocycles. The SMILES string of the molecule is CCc1nc(C(C)(C)C)ncc1CCl. The van der Waals surface area contributed by atoms with Gasteiger partial charge in [0.15, 0.2) is 0 Å². The van der Waals surface area contributed by atoms with Crippen molar-refractivity contribution >= 4 is 11.6 Å². The molecule has 0 aliphatic carbocycles. The summed E-state index contributed by atoms with van der Waals surface area (Å²) in [7, 11) is 0. The molecule has 0 aliphatic rings. The number of nitrogens with zero attached hydrogens (tertiary/aromatic N) is 2. The van der Waals surface area contributed by atoms with Crippen LogP contribution in [0.3, 0.4) is 0 Å². The molecule has 0 aliphatic heterocycles. The van der Waals surface area contributed by atoms with Crippen molar-refractivity contribution in [1.82, 2.24) is 9.97 Å². The number of aryl methyl sites for hydroxylation is 1. The van der Waals surface area contributed by atoms with Gasteiger partial charge in [-0.25, -0.2) is 9.97 Å². The highest BCUT2D eigenvalue weighted by Gasteiger charge is 2.18. The number of alkyl halides is 1. The van der Waals surface area contributed by atoms with E-state index in [1.165, 1.54) is 0 Å². The van der Waals surface area contributed by atoms with Crippen LogP contribution < -0.4 is 0 Å². The maximum Gasteiger partial charge on any atom is 0.133 e. The Morgan fingerprint density at radius 2 is 2.00 bits per heavy atom. The minimum absolute atomic E-state index is 0.00869. The molecule has 0 spiro atoms. The molecule has 0 saturated carbocycles. The molecule has 1 rings (SSSR count). The Labute approximate surface area is 90.7 Å². The fraction of sp³-hybridized carbons (Fsp3) is 0.636. The van der Waals surface area contributed by atoms with Crippen LogP contribution in [0.4, 0.5) is 0 Å². The highest BCUT2D eigenvalue weighted by molar-refractivity contribution is 6.17. The molecule has 0 unspecified atom stereocenters. The largest absolute Gasteiger partial charge is 0.240 e. The Hall–Kier alpha value is -0.630. The maximum atomic E-state index is 5.80. The van der Waals surface area contributed by atoms with Crippen molar-refractivity contribution in [1.29, 1.82) is 0 Å². The van der Waals surface area contributed by atoms with E-state index in [0.29, 0.717) is 5.88 Å². The molecule has 1 aromatic rings. The van der Waals surface area contributed by atoms with Gasteiger partial charge in [-0.05, 0) is 6.42 Å². The van der Waals surface area contributed by atoms with E-state index < -0.39 is 0 Å². The molecule has 0 saturated heterocycles. The zero-order chi connectivity index (χ0) is 10.8. The summed E-state index contributed by atoms with van der Waals surface area (Å²) in [5, 5.41) is 0. The second-order valence-electron chi connectivity index (χ2n) is 4.40. The normalized spacial score (nSPS) is 11.8. The molecule has 2 nitrogen and oxygen atoms in total. The minimum atomic E-state index is 0.00869. The summed E-state index contributed by atoms with van der Waals surface area (Å²) < 4.78 is 0. The third kappa shape index (κ3) is 2.44. The van der Waals surface area contributed by atoms with Crippen LogP contribution in [0.15, 0.2) is 6.20 Å². The standard InChI is InChI=1S/C11H17ClN2/c1-5-9-8(6-12)7-13-10(14-9)11(2,3)4/h7H,5-6H2,1-4H3. The van der Waals surface area contributed by atoms with Gasteiger partial charge in [-0.1, -0.05) is 27.7 Å². The first-order chi connectivity index (χ1) is 6.49. The fourth-order valence-electron chi connectivity index (χ4n) is 1.22. The van der Waals surface area contributed by atoms with E-state index >= 15 is 0 Å². The van der Waals surface area contributed by atoms with Crippen molar-refractivity contribution in [3.05, 3.63) is 23.3 Å². The van der Waals surface area contributed by atoms with Gasteiger partial charge in [0, 0.05) is 22.9 Å². The molecule has 1 aromatic heterocycles. The van der Waals surface area contributed by atoms with Crippen molar-refractivity contribution in [2.24, 2.45) is 0 Å². The molecule has 3 heteroatoms. The van der Waals surface area contributed by atoms with E-state index in [0.717, 1.165) is 23.5 Å². The van der Waals surface area contributed by atoms with E-state index in [2.05, 4.69) is 37.7 Å². The Morgan fingerprint density at radius 3 is 2.43 bits per heavy atom. The first-order valence-electron chi connectivity index (χ1n) is 4.90. The van der Waals surface area contributed by atoms with Crippen LogP contribution in [-0.4, -0.2) is 9.97 Å². The third-order valence-electron chi connectivity index (χ3n) is 2.10. The second kappa shape index (κ2) is 4.26. The van der Waals surface area contributed by atoms with E-state index in [1.807, 2.05) is 6.20 Å². The monoisotopic (exact) mass is 212 g/mol. The minimum Gasteiger partial charge on any atom is -0.240 e. The molecule has 0 fully saturated rings. The van der Waals surface area contributed by atoms with Gasteiger partial charge in [0.25, 0.3) is 0 Å². The number of hydrogen-bond donors (Lipinski definition) is 0. The number of rotatable bonds is 2. The lowest BCUT2D eigenvalue weighted by Crippen LogP contribution is -2.17. The molecule has 78 valence electrons. The lowest BCUT2D eigenvalue weighted by Gasteiger charge is -2.17. The van der Waals surface area contributed by atoms with Crippen LogP contribution in [-0.2, 0) is 17.7 Å². The lowest BCUT2D eigenvalue weighted by atomic mass is 9.95. The summed E-state index contributed by atoms with van der Waals surface area (Å²) >= 11 is 5.80. The number of hydrogen-bond acceptors (Lipinski definition) is 2. The van der Waals surface area contributed by atoms with Crippen LogP contribution in [0.2, 0.25) is 0 Å². The van der Waals surface area contributed by atoms with E-state index in [9.17, 15) is 0 Å². The van der Waals surface area contributed by atoms with Crippen LogP contribution in [0, 0.1) is 0 Å². The zero-order valence-electron chi connectivity index (χ0n) is 9.26. The number of halogens is 1. The average Bonchev–Trinajstić information content (AvgIpc) is 2.15. The molecular weight excluding hydrogens is 196 g/mol. The zero-order valence-corrected chi connectivity index (χ0v) is 10.0. The van der Waals surface area contributed by atoms with E-state index in [-0.39, 0.29) is 5.41 Å². The van der Waals surface area contributed by atoms with Crippen LogP contribution >= 0.6 is 11.6 Å². The topological polar surface area (TPSA) is 25.8 Å². The molecule has 14 heavy (non-hydrogen) atoms. The molecule has 0 radical (unpaired) electrons. The molecule has 0 atom stereocenters. The van der Waals surface area contributed by atoms with Crippen molar-refractivity contribution in [2.45, 2.75) is 45.4 Å². The van der Waals surface area contributed by atoms with Gasteiger partial charge in [0.05, 0.1) is 5.88 Å². The van der Waals surface area contributed by atoms with Gasteiger partial charge in [-0.15, -0.1) is 11.6 Å². The highest BCUT2D eigenvalue weighted by Crippen LogP contribution is 2.19. The van der Waals surface area contributed by atoms with Gasteiger partial charge in [-0.2, -0.15) is 0 Å². The molecule has 0 bridgehead atoms. The quantitative estimate of drug-likeness (QED) is 0.705. The first-order valence-corrected chi connectivity index (χ1v) is 5.43. The molecule has 0 N–H and O–H groups in total. The van der Waals surface area contributed by atoms with Gasteiger partial charge in [0.2, 0.25) is 0 Å². The third-order valence-corrected chi connectivity index (χ3v) is 2.39. The summed E-state index contributed by atoms with van der Waals surface area (Å²) in [6.07, 6.45) is 2.76. The Balaban J connectivity index is 3.14. The van der Waals surface area contributed by atoms with Crippen molar-refractivity contribution in [3.63, 3.8) is 0 Å². The first kappa shape index (κ1) is 11.4. The smallest absolute Gasteiger partial charge is 0.133 e. The van der Waals surface area contributed by atoms with Crippen LogP contribution in [0.1, 0.15) is 44.8 Å².